The average Bonchev–Trinajstić information content (AvgIpc) is 3.01. The average molecular weight is 364 g/mol. The highest BCUT2D eigenvalue weighted by molar-refractivity contribution is 5.63. The van der Waals surface area contributed by atoms with Crippen molar-refractivity contribution in [3.63, 3.8) is 0 Å². The zero-order chi connectivity index (χ0) is 18.8. The summed E-state index contributed by atoms with van der Waals surface area (Å²) in [5.74, 6) is 1.66. The third-order valence-electron chi connectivity index (χ3n) is 5.05. The van der Waals surface area contributed by atoms with Crippen LogP contribution >= 0.6 is 0 Å². The van der Waals surface area contributed by atoms with E-state index in [2.05, 4.69) is 20.0 Å². The number of nitrogens with zero attached hydrogens (tertiary/aromatic N) is 6. The van der Waals surface area contributed by atoms with Crippen LogP contribution in [-0.4, -0.2) is 36.5 Å². The van der Waals surface area contributed by atoms with Gasteiger partial charge in [-0.2, -0.15) is 0 Å². The lowest BCUT2D eigenvalue weighted by atomic mass is 10.0. The molecular formula is C20H24N6O. The van der Waals surface area contributed by atoms with Gasteiger partial charge in [0.1, 0.15) is 11.6 Å². The third-order valence-corrected chi connectivity index (χ3v) is 5.05. The Morgan fingerprint density at radius 1 is 1.15 bits per heavy atom. The second-order valence-corrected chi connectivity index (χ2v) is 7.13. The molecule has 140 valence electrons. The van der Waals surface area contributed by atoms with Gasteiger partial charge in [-0.25, -0.2) is 9.97 Å². The van der Waals surface area contributed by atoms with Crippen LogP contribution in [0, 0.1) is 20.8 Å². The maximum absolute atomic E-state index is 5.34. The minimum absolute atomic E-state index is 0.180. The van der Waals surface area contributed by atoms with Crippen LogP contribution in [0.5, 0.6) is 0 Å². The molecule has 1 aliphatic rings. The minimum atomic E-state index is 0.180. The summed E-state index contributed by atoms with van der Waals surface area (Å²) in [6.45, 7) is 7.66. The van der Waals surface area contributed by atoms with Gasteiger partial charge in [0.2, 0.25) is 0 Å². The fourth-order valence-electron chi connectivity index (χ4n) is 3.81. The molecule has 0 N–H and O–H groups in total. The normalized spacial score (nSPS) is 18.0. The van der Waals surface area contributed by atoms with Crippen LogP contribution in [0.3, 0.4) is 0 Å². The van der Waals surface area contributed by atoms with Crippen molar-refractivity contribution in [1.29, 1.82) is 0 Å². The largest absolute Gasteiger partial charge is 0.361 e. The van der Waals surface area contributed by atoms with Gasteiger partial charge in [-0.15, -0.1) is 0 Å². The summed E-state index contributed by atoms with van der Waals surface area (Å²) in [4.78, 5) is 20.7. The highest BCUT2D eigenvalue weighted by atomic mass is 16.5. The van der Waals surface area contributed by atoms with Crippen molar-refractivity contribution in [1.82, 2.24) is 30.0 Å². The van der Waals surface area contributed by atoms with Gasteiger partial charge in [0.15, 0.2) is 0 Å². The van der Waals surface area contributed by atoms with Crippen molar-refractivity contribution in [3.05, 3.63) is 53.3 Å². The monoisotopic (exact) mass is 364 g/mol. The first-order valence-electron chi connectivity index (χ1n) is 9.39. The quantitative estimate of drug-likeness (QED) is 0.700. The van der Waals surface area contributed by atoms with E-state index >= 15 is 0 Å². The molecule has 1 aliphatic heterocycles. The topological polar surface area (TPSA) is 80.8 Å². The lowest BCUT2D eigenvalue weighted by Crippen LogP contribution is -2.34. The molecule has 0 radical (unpaired) electrons. The van der Waals surface area contributed by atoms with Crippen LogP contribution in [0.4, 0.5) is 0 Å². The van der Waals surface area contributed by atoms with Gasteiger partial charge in [-0.05, 0) is 46.2 Å². The first-order valence-corrected chi connectivity index (χ1v) is 9.39. The highest BCUT2D eigenvalue weighted by Crippen LogP contribution is 2.32. The summed E-state index contributed by atoms with van der Waals surface area (Å²) in [5, 5.41) is 4.07. The van der Waals surface area contributed by atoms with E-state index in [1.807, 2.05) is 33.0 Å². The lowest BCUT2D eigenvalue weighted by Gasteiger charge is -2.34. The number of likely N-dealkylation sites (tertiary alicyclic amines) is 1. The Kier molecular flexibility index (Phi) is 4.94. The lowest BCUT2D eigenvalue weighted by molar-refractivity contribution is 0.132. The Bertz CT molecular complexity index is 904. The number of aromatic nitrogens is 5. The van der Waals surface area contributed by atoms with Crippen molar-refractivity contribution in [2.45, 2.75) is 52.6 Å². The molecular weight excluding hydrogens is 340 g/mol. The minimum Gasteiger partial charge on any atom is -0.361 e. The van der Waals surface area contributed by atoms with Crippen molar-refractivity contribution in [3.8, 4) is 11.3 Å². The molecule has 4 rings (SSSR count). The zero-order valence-corrected chi connectivity index (χ0v) is 16.0. The van der Waals surface area contributed by atoms with Gasteiger partial charge in [0, 0.05) is 30.8 Å². The maximum atomic E-state index is 5.34. The summed E-state index contributed by atoms with van der Waals surface area (Å²) in [7, 11) is 0. The molecule has 27 heavy (non-hydrogen) atoms. The van der Waals surface area contributed by atoms with E-state index in [0.29, 0.717) is 0 Å². The number of aryl methyl sites for hydroxylation is 3. The molecule has 0 aliphatic carbocycles. The van der Waals surface area contributed by atoms with E-state index in [1.165, 1.54) is 12.8 Å². The smallest absolute Gasteiger partial charge is 0.146 e. The molecule has 3 aromatic heterocycles. The van der Waals surface area contributed by atoms with Crippen LogP contribution in [0.1, 0.15) is 54.0 Å². The van der Waals surface area contributed by atoms with Gasteiger partial charge in [-0.3, -0.25) is 14.9 Å². The van der Waals surface area contributed by atoms with Crippen molar-refractivity contribution in [2.24, 2.45) is 0 Å². The molecule has 7 heteroatoms. The number of piperidine rings is 1. The van der Waals surface area contributed by atoms with Crippen LogP contribution in [-0.2, 0) is 6.54 Å². The molecule has 0 saturated carbocycles. The predicted molar refractivity (Wildman–Crippen MR) is 101 cm³/mol. The van der Waals surface area contributed by atoms with Crippen molar-refractivity contribution in [2.75, 3.05) is 6.54 Å². The molecule has 1 fully saturated rings. The third kappa shape index (κ3) is 3.73. The molecule has 1 saturated heterocycles. The molecule has 3 aromatic rings. The van der Waals surface area contributed by atoms with E-state index in [9.17, 15) is 0 Å². The number of rotatable bonds is 4. The van der Waals surface area contributed by atoms with E-state index in [1.54, 1.807) is 12.4 Å². The molecule has 0 aromatic carbocycles. The van der Waals surface area contributed by atoms with E-state index in [4.69, 9.17) is 14.5 Å². The Morgan fingerprint density at radius 3 is 2.78 bits per heavy atom. The van der Waals surface area contributed by atoms with Gasteiger partial charge in [-0.1, -0.05) is 11.6 Å². The molecule has 4 heterocycles. The summed E-state index contributed by atoms with van der Waals surface area (Å²) < 4.78 is 5.34. The molecule has 0 spiro atoms. The zero-order valence-electron chi connectivity index (χ0n) is 16.0. The fourth-order valence-corrected chi connectivity index (χ4v) is 3.81. The van der Waals surface area contributed by atoms with Crippen LogP contribution < -0.4 is 0 Å². The second-order valence-electron chi connectivity index (χ2n) is 7.13. The summed E-state index contributed by atoms with van der Waals surface area (Å²) in [5.41, 5.74) is 4.65. The number of hydrogen-bond donors (Lipinski definition) is 0. The van der Waals surface area contributed by atoms with Crippen LogP contribution in [0.15, 0.2) is 29.2 Å². The van der Waals surface area contributed by atoms with E-state index in [-0.39, 0.29) is 6.04 Å². The summed E-state index contributed by atoms with van der Waals surface area (Å²) in [6, 6.07) is 2.19. The van der Waals surface area contributed by atoms with E-state index in [0.717, 1.165) is 59.4 Å². The number of hydrogen-bond acceptors (Lipinski definition) is 7. The van der Waals surface area contributed by atoms with Gasteiger partial charge >= 0.3 is 0 Å². The summed E-state index contributed by atoms with van der Waals surface area (Å²) >= 11 is 0. The SMILES string of the molecule is Cc1cc(-c2c(C)noc2C)nc([C@@H]2CCCCN2Cc2cnccn2)n1. The predicted octanol–water partition coefficient (Wildman–Crippen LogP) is 3.57. The fraction of sp³-hybridized carbons (Fsp3) is 0.450. The molecule has 0 unspecified atom stereocenters. The maximum Gasteiger partial charge on any atom is 0.146 e. The first kappa shape index (κ1) is 17.7. The Balaban J connectivity index is 1.68. The Labute approximate surface area is 158 Å². The van der Waals surface area contributed by atoms with Crippen molar-refractivity contribution < 1.29 is 4.52 Å². The second kappa shape index (κ2) is 7.52. The standard InChI is InChI=1S/C20H24N6O/c1-13-10-17(19-14(2)25-27-15(19)3)24-20(23-13)18-6-4-5-9-26(18)12-16-11-21-7-8-22-16/h7-8,10-11,18H,4-6,9,12H2,1-3H3/t18-/m0/s1. The van der Waals surface area contributed by atoms with Crippen LogP contribution in [0.2, 0.25) is 0 Å². The molecule has 0 amide bonds. The summed E-state index contributed by atoms with van der Waals surface area (Å²) in [6.07, 6.45) is 8.69. The van der Waals surface area contributed by atoms with Crippen molar-refractivity contribution >= 4 is 0 Å². The first-order chi connectivity index (χ1) is 13.1. The molecule has 0 bridgehead atoms. The molecule has 7 nitrogen and oxygen atoms in total. The van der Waals surface area contributed by atoms with Gasteiger partial charge in [0.05, 0.1) is 28.7 Å². The highest BCUT2D eigenvalue weighted by Gasteiger charge is 2.28. The van der Waals surface area contributed by atoms with Gasteiger partial charge in [0.25, 0.3) is 0 Å². The van der Waals surface area contributed by atoms with Gasteiger partial charge < -0.3 is 4.52 Å². The van der Waals surface area contributed by atoms with E-state index < -0.39 is 0 Å². The molecule has 1 atom stereocenters. The Hall–Kier alpha value is -2.67. The Morgan fingerprint density at radius 2 is 2.04 bits per heavy atom. The van der Waals surface area contributed by atoms with Crippen LogP contribution in [0.25, 0.3) is 11.3 Å².